The molecule has 2 aliphatic rings. The Kier molecular flexibility index (Phi) is 8.99. The molecule has 0 radical (unpaired) electrons. The van der Waals surface area contributed by atoms with E-state index in [2.05, 4.69) is 29.0 Å². The third-order valence-corrected chi connectivity index (χ3v) is 10.8. The van der Waals surface area contributed by atoms with Gasteiger partial charge in [-0.3, -0.25) is 9.59 Å². The molecule has 2 aliphatic heterocycles. The van der Waals surface area contributed by atoms with Crippen LogP contribution in [0.1, 0.15) is 94.4 Å². The first-order valence-corrected chi connectivity index (χ1v) is 17.2. The third-order valence-electron chi connectivity index (χ3n) is 10.6. The van der Waals surface area contributed by atoms with Gasteiger partial charge in [-0.1, -0.05) is 43.6 Å². The van der Waals surface area contributed by atoms with Crippen molar-refractivity contribution in [2.75, 3.05) is 23.3 Å². The van der Waals surface area contributed by atoms with Crippen molar-refractivity contribution in [3.05, 3.63) is 79.8 Å². The molecular weight excluding hydrogens is 644 g/mol. The summed E-state index contributed by atoms with van der Waals surface area (Å²) in [6.45, 7) is 19.4. The fraction of sp³-hybridized carbons (Fsp3) is 0.447. The molecule has 2 aromatic carbocycles. The topological polar surface area (TPSA) is 93.9 Å². The Morgan fingerprint density at radius 2 is 1.67 bits per heavy atom. The van der Waals surface area contributed by atoms with Gasteiger partial charge in [-0.05, 0) is 95.9 Å². The maximum Gasteiger partial charge on any atom is 0.495 e. The number of benzene rings is 2. The Hall–Kier alpha value is -3.73. The van der Waals surface area contributed by atoms with Gasteiger partial charge in [0.05, 0.1) is 45.1 Å². The second kappa shape index (κ2) is 12.6. The van der Waals surface area contributed by atoms with Crippen molar-refractivity contribution in [2.24, 2.45) is 5.41 Å². The molecule has 4 aromatic rings. The van der Waals surface area contributed by atoms with Gasteiger partial charge in [0.15, 0.2) is 11.7 Å². The molecule has 258 valence electrons. The number of anilines is 2. The number of hydrogen-bond acceptors (Lipinski definition) is 8. The van der Waals surface area contributed by atoms with E-state index >= 15 is 4.39 Å². The maximum absolute atomic E-state index is 16.3. The Morgan fingerprint density at radius 3 is 2.31 bits per heavy atom. The largest absolute Gasteiger partial charge is 0.495 e. The fourth-order valence-electron chi connectivity index (χ4n) is 6.65. The van der Waals surface area contributed by atoms with Crippen molar-refractivity contribution in [3.8, 4) is 11.3 Å². The molecule has 0 aliphatic carbocycles. The summed E-state index contributed by atoms with van der Waals surface area (Å²) >= 11 is 6.36. The van der Waals surface area contributed by atoms with E-state index < -0.39 is 30.2 Å². The molecule has 2 aromatic heterocycles. The summed E-state index contributed by atoms with van der Waals surface area (Å²) in [6.07, 6.45) is 2.47. The Balaban J connectivity index is 1.39. The number of halogens is 2. The lowest BCUT2D eigenvalue weighted by Gasteiger charge is -2.37. The number of aromatic nitrogens is 1. The average Bonchev–Trinajstić information content (AvgIpc) is 3.25. The smallest absolute Gasteiger partial charge is 0.440 e. The Morgan fingerprint density at radius 1 is 1.02 bits per heavy atom. The molecule has 2 saturated heterocycles. The molecule has 8 nitrogen and oxygen atoms in total. The van der Waals surface area contributed by atoms with Crippen LogP contribution in [0.25, 0.3) is 22.2 Å². The number of fused-ring (bicyclic) bond motifs is 1. The summed E-state index contributed by atoms with van der Waals surface area (Å²) < 4.78 is 35.2. The monoisotopic (exact) mass is 687 g/mol. The molecule has 0 spiro atoms. The number of hydrogen-bond donors (Lipinski definition) is 1. The number of nitrogens with one attached hydrogen (secondary N) is 1. The zero-order valence-electron chi connectivity index (χ0n) is 29.7. The van der Waals surface area contributed by atoms with Gasteiger partial charge in [-0.25, -0.2) is 9.37 Å². The van der Waals surface area contributed by atoms with Gasteiger partial charge in [-0.2, -0.15) is 0 Å². The van der Waals surface area contributed by atoms with Crippen molar-refractivity contribution < 1.29 is 22.9 Å². The highest BCUT2D eigenvalue weighted by Gasteiger charge is 2.52. The zero-order chi connectivity index (χ0) is 35.6. The molecule has 0 bridgehead atoms. The Labute approximate surface area is 292 Å². The number of aldehydes is 1. The van der Waals surface area contributed by atoms with E-state index in [0.29, 0.717) is 39.9 Å². The van der Waals surface area contributed by atoms with Crippen molar-refractivity contribution in [3.63, 3.8) is 0 Å². The van der Waals surface area contributed by atoms with E-state index in [1.54, 1.807) is 24.3 Å². The first kappa shape index (κ1) is 35.1. The molecule has 2 fully saturated rings. The number of piperidine rings is 1. The molecule has 4 heterocycles. The zero-order valence-corrected chi connectivity index (χ0v) is 30.5. The van der Waals surface area contributed by atoms with Gasteiger partial charge < -0.3 is 23.9 Å². The first-order valence-electron chi connectivity index (χ1n) is 16.8. The molecule has 0 amide bonds. The van der Waals surface area contributed by atoms with Crippen LogP contribution in [0.2, 0.25) is 5.15 Å². The molecular formula is C38H44BClFN3O5. The molecule has 0 saturated carbocycles. The van der Waals surface area contributed by atoms with Gasteiger partial charge >= 0.3 is 7.12 Å². The van der Waals surface area contributed by atoms with Crippen molar-refractivity contribution in [2.45, 2.75) is 92.4 Å². The molecule has 11 heteroatoms. The van der Waals surface area contributed by atoms with E-state index in [9.17, 15) is 9.59 Å². The first-order chi connectivity index (χ1) is 22.9. The van der Waals surface area contributed by atoms with E-state index in [4.69, 9.17) is 25.3 Å². The standard InChI is InChI=1S/C38H44BClFN3O5/c1-21-18-25(34-26(19-21)33(46)22(2)35(47-34)44-16-14-36(4,5)15-17-44)23(3)42-29-12-13-30(40)43-32(29)24-10-11-28(27(20-45)31(24)41)39-48-37(6,7)38(8,9)49-39/h10-13,18-20,23,42H,14-17H2,1-9H3/t23-/m1/s1. The lowest BCUT2D eigenvalue weighted by atomic mass is 9.75. The summed E-state index contributed by atoms with van der Waals surface area (Å²) in [5.41, 5.74) is 2.55. The van der Waals surface area contributed by atoms with Crippen molar-refractivity contribution in [1.29, 1.82) is 0 Å². The predicted octanol–water partition coefficient (Wildman–Crippen LogP) is 8.18. The number of aryl methyl sites for hydroxylation is 1. The van der Waals surface area contributed by atoms with E-state index in [-0.39, 0.29) is 32.8 Å². The number of carbonyl (C=O) groups is 1. The Bertz CT molecular complexity index is 2000. The van der Waals surface area contributed by atoms with Gasteiger partial charge in [0.2, 0.25) is 5.88 Å². The summed E-state index contributed by atoms with van der Waals surface area (Å²) in [7, 11) is -0.923. The molecule has 1 N–H and O–H groups in total. The minimum Gasteiger partial charge on any atom is -0.440 e. The highest BCUT2D eigenvalue weighted by atomic mass is 35.5. The summed E-state index contributed by atoms with van der Waals surface area (Å²) in [5.74, 6) is -0.158. The van der Waals surface area contributed by atoms with E-state index in [1.807, 2.05) is 60.6 Å². The van der Waals surface area contributed by atoms with Crippen molar-refractivity contribution >= 4 is 53.0 Å². The molecule has 0 unspecified atom stereocenters. The highest BCUT2D eigenvalue weighted by Crippen LogP contribution is 2.39. The minimum atomic E-state index is -0.923. The normalized spacial score (nSPS) is 18.9. The number of carbonyl (C=O) groups excluding carboxylic acids is 1. The summed E-state index contributed by atoms with van der Waals surface area (Å²) in [5, 5.41) is 4.14. The average molecular weight is 688 g/mol. The van der Waals surface area contributed by atoms with Crippen LogP contribution in [0.4, 0.5) is 16.0 Å². The number of nitrogens with zero attached hydrogens (tertiary/aromatic N) is 2. The lowest BCUT2D eigenvalue weighted by Crippen LogP contribution is -2.41. The fourth-order valence-corrected chi connectivity index (χ4v) is 6.80. The van der Waals surface area contributed by atoms with Crippen molar-refractivity contribution in [1.82, 2.24) is 4.98 Å². The molecule has 49 heavy (non-hydrogen) atoms. The van der Waals surface area contributed by atoms with E-state index in [1.165, 1.54) is 0 Å². The van der Waals surface area contributed by atoms with E-state index in [0.717, 1.165) is 37.1 Å². The second-order valence-corrected chi connectivity index (χ2v) is 15.7. The van der Waals surface area contributed by atoms with Crippen LogP contribution >= 0.6 is 11.6 Å². The van der Waals surface area contributed by atoms with Gasteiger partial charge in [0.1, 0.15) is 16.6 Å². The van der Waals surface area contributed by atoms with Crippen LogP contribution in [0, 0.1) is 25.1 Å². The quantitative estimate of drug-likeness (QED) is 0.118. The number of pyridine rings is 1. The second-order valence-electron chi connectivity index (χ2n) is 15.3. The van der Waals surface area contributed by atoms with Crippen LogP contribution in [-0.2, 0) is 9.31 Å². The van der Waals surface area contributed by atoms with Crippen LogP contribution in [0.5, 0.6) is 0 Å². The summed E-state index contributed by atoms with van der Waals surface area (Å²) in [6, 6.07) is 9.99. The van der Waals surface area contributed by atoms with Crippen LogP contribution in [0.3, 0.4) is 0 Å². The predicted molar refractivity (Wildman–Crippen MR) is 195 cm³/mol. The SMILES string of the molecule is Cc1cc([C@@H](C)Nc2ccc(Cl)nc2-c2ccc(B3OC(C)(C)C(C)(C)O3)c(C=O)c2F)c2oc(N3CCC(C)(C)CC3)c(C)c(=O)c2c1. The van der Waals surface area contributed by atoms with Crippen LogP contribution in [0.15, 0.2) is 45.6 Å². The van der Waals surface area contributed by atoms with Crippen LogP contribution < -0.4 is 21.1 Å². The molecule has 1 atom stereocenters. The maximum atomic E-state index is 16.3. The highest BCUT2D eigenvalue weighted by molar-refractivity contribution is 6.63. The van der Waals surface area contributed by atoms with Gasteiger partial charge in [0, 0.05) is 24.2 Å². The molecule has 6 rings (SSSR count). The summed E-state index contributed by atoms with van der Waals surface area (Å²) in [4.78, 5) is 32.8. The number of rotatable bonds is 7. The minimum absolute atomic E-state index is 0.0577. The van der Waals surface area contributed by atoms with Gasteiger partial charge in [0.25, 0.3) is 0 Å². The van der Waals surface area contributed by atoms with Gasteiger partial charge in [-0.15, -0.1) is 0 Å². The van der Waals surface area contributed by atoms with Crippen LogP contribution in [-0.4, -0.2) is 42.7 Å². The third kappa shape index (κ3) is 6.39. The lowest BCUT2D eigenvalue weighted by molar-refractivity contribution is 0.00578.